The molecule has 3 aromatic carbocycles. The van der Waals surface area contributed by atoms with Crippen molar-refractivity contribution < 1.29 is 13.2 Å². The number of hydrogen-bond donors (Lipinski definition) is 2. The third-order valence-corrected chi connectivity index (χ3v) is 8.58. The van der Waals surface area contributed by atoms with Gasteiger partial charge in [0.25, 0.3) is 0 Å². The Morgan fingerprint density at radius 3 is 2.27 bits per heavy atom. The van der Waals surface area contributed by atoms with Crippen LogP contribution in [0.15, 0.2) is 65.7 Å². The summed E-state index contributed by atoms with van der Waals surface area (Å²) >= 11 is 6.39. The van der Waals surface area contributed by atoms with Crippen LogP contribution >= 0.6 is 11.6 Å². The molecule has 9 nitrogen and oxygen atoms in total. The number of aryl methyl sites for hydroxylation is 2. The monoisotopic (exact) mass is 580 g/mol. The SMILES string of the molecule is COc1cc(-c2ccc(N(C)C)c(C)c2)c(C)cc1Nc1ncc(Cl)c(Nc2ccccc2S(=O)(=O)N(C)C)n1. The first-order valence-electron chi connectivity index (χ1n) is 12.5. The first kappa shape index (κ1) is 29.1. The lowest BCUT2D eigenvalue weighted by Crippen LogP contribution is -2.23. The molecule has 4 aromatic rings. The molecular weight excluding hydrogens is 548 g/mol. The van der Waals surface area contributed by atoms with Gasteiger partial charge in [-0.05, 0) is 72.5 Å². The van der Waals surface area contributed by atoms with E-state index in [0.29, 0.717) is 17.1 Å². The van der Waals surface area contributed by atoms with Crippen molar-refractivity contribution in [3.05, 3.63) is 76.9 Å². The first-order chi connectivity index (χ1) is 18.9. The summed E-state index contributed by atoms with van der Waals surface area (Å²) in [6, 6.07) is 16.9. The lowest BCUT2D eigenvalue weighted by atomic mass is 9.97. The summed E-state index contributed by atoms with van der Waals surface area (Å²) in [7, 11) is 4.92. The van der Waals surface area contributed by atoms with E-state index in [9.17, 15) is 8.42 Å². The second-order valence-electron chi connectivity index (χ2n) is 9.69. The van der Waals surface area contributed by atoms with Gasteiger partial charge in [-0.1, -0.05) is 29.8 Å². The molecule has 0 radical (unpaired) electrons. The number of anilines is 5. The zero-order chi connectivity index (χ0) is 29.2. The zero-order valence-corrected chi connectivity index (χ0v) is 25.1. The second-order valence-corrected chi connectivity index (χ2v) is 12.2. The number of hydrogen-bond acceptors (Lipinski definition) is 8. The molecule has 0 aliphatic rings. The van der Waals surface area contributed by atoms with Crippen LogP contribution in [0.25, 0.3) is 11.1 Å². The summed E-state index contributed by atoms with van der Waals surface area (Å²) in [4.78, 5) is 11.0. The number of benzene rings is 3. The predicted octanol–water partition coefficient (Wildman–Crippen LogP) is 6.23. The van der Waals surface area contributed by atoms with Gasteiger partial charge < -0.3 is 20.3 Å². The van der Waals surface area contributed by atoms with Gasteiger partial charge in [0, 0.05) is 33.9 Å². The van der Waals surface area contributed by atoms with Crippen LogP contribution in [-0.4, -0.2) is 58.0 Å². The molecule has 0 spiro atoms. The van der Waals surface area contributed by atoms with Crippen LogP contribution in [0.5, 0.6) is 5.75 Å². The Kier molecular flexibility index (Phi) is 8.53. The van der Waals surface area contributed by atoms with E-state index in [2.05, 4.69) is 50.6 Å². The highest BCUT2D eigenvalue weighted by atomic mass is 35.5. The van der Waals surface area contributed by atoms with Crippen LogP contribution in [0.3, 0.4) is 0 Å². The van der Waals surface area contributed by atoms with Crippen molar-refractivity contribution in [2.75, 3.05) is 50.8 Å². The molecule has 0 fully saturated rings. The first-order valence-corrected chi connectivity index (χ1v) is 14.3. The fraction of sp³-hybridized carbons (Fsp3) is 0.241. The average Bonchev–Trinajstić information content (AvgIpc) is 2.90. The van der Waals surface area contributed by atoms with Gasteiger partial charge in [0.05, 0.1) is 24.7 Å². The van der Waals surface area contributed by atoms with Gasteiger partial charge in [-0.25, -0.2) is 17.7 Å². The number of nitrogens with one attached hydrogen (secondary N) is 2. The predicted molar refractivity (Wildman–Crippen MR) is 163 cm³/mol. The molecule has 0 saturated heterocycles. The van der Waals surface area contributed by atoms with Crippen LogP contribution in [0.1, 0.15) is 11.1 Å². The molecule has 11 heteroatoms. The maximum atomic E-state index is 12.8. The standard InChI is InChI=1S/C29H33ClN6O3S/c1-18-15-24(26(39-7)16-21(18)20-12-13-25(35(3)4)19(2)14-20)33-29-31-17-22(30)28(34-29)32-23-10-8-9-11-27(23)40(37,38)36(5)6/h8-17H,1-7H3,(H2,31,32,33,34). The molecule has 0 aliphatic heterocycles. The Morgan fingerprint density at radius 1 is 0.900 bits per heavy atom. The molecule has 40 heavy (non-hydrogen) atoms. The molecule has 0 aliphatic carbocycles. The third kappa shape index (κ3) is 5.99. The molecule has 1 aromatic heterocycles. The molecule has 0 bridgehead atoms. The second kappa shape index (κ2) is 11.7. The largest absolute Gasteiger partial charge is 0.495 e. The molecule has 0 saturated carbocycles. The Morgan fingerprint density at radius 2 is 1.62 bits per heavy atom. The summed E-state index contributed by atoms with van der Waals surface area (Å²) < 4.78 is 32.5. The lowest BCUT2D eigenvalue weighted by Gasteiger charge is -2.19. The van der Waals surface area contributed by atoms with E-state index in [1.807, 2.05) is 33.2 Å². The molecule has 0 amide bonds. The molecular formula is C29H33ClN6O3S. The summed E-state index contributed by atoms with van der Waals surface area (Å²) in [6.45, 7) is 4.13. The molecule has 2 N–H and O–H groups in total. The Bertz CT molecular complexity index is 1660. The highest BCUT2D eigenvalue weighted by Crippen LogP contribution is 2.37. The van der Waals surface area contributed by atoms with Gasteiger partial charge in [0.1, 0.15) is 15.7 Å². The number of rotatable bonds is 9. The van der Waals surface area contributed by atoms with Crippen LogP contribution in [0.2, 0.25) is 5.02 Å². The smallest absolute Gasteiger partial charge is 0.244 e. The van der Waals surface area contributed by atoms with Crippen molar-refractivity contribution in [2.24, 2.45) is 0 Å². The number of para-hydroxylation sites is 1. The van der Waals surface area contributed by atoms with E-state index >= 15 is 0 Å². The summed E-state index contributed by atoms with van der Waals surface area (Å²) in [5.74, 6) is 1.13. The molecule has 0 unspecified atom stereocenters. The van der Waals surface area contributed by atoms with E-state index in [0.717, 1.165) is 26.7 Å². The number of methoxy groups -OCH3 is 1. The number of nitrogens with zero attached hydrogens (tertiary/aromatic N) is 4. The quantitative estimate of drug-likeness (QED) is 0.240. The summed E-state index contributed by atoms with van der Waals surface area (Å²) in [5.41, 5.74) is 6.54. The fourth-order valence-electron chi connectivity index (χ4n) is 4.34. The Labute approximate surface area is 240 Å². The third-order valence-electron chi connectivity index (χ3n) is 6.43. The van der Waals surface area contributed by atoms with Gasteiger partial charge in [-0.2, -0.15) is 4.98 Å². The van der Waals surface area contributed by atoms with Crippen LogP contribution < -0.4 is 20.3 Å². The summed E-state index contributed by atoms with van der Waals surface area (Å²) in [6.07, 6.45) is 1.45. The van der Waals surface area contributed by atoms with Crippen molar-refractivity contribution >= 4 is 50.5 Å². The van der Waals surface area contributed by atoms with Crippen LogP contribution in [0, 0.1) is 13.8 Å². The molecule has 210 valence electrons. The molecule has 0 atom stereocenters. The van der Waals surface area contributed by atoms with Crippen molar-refractivity contribution in [3.63, 3.8) is 0 Å². The van der Waals surface area contributed by atoms with E-state index in [4.69, 9.17) is 16.3 Å². The van der Waals surface area contributed by atoms with Gasteiger partial charge >= 0.3 is 0 Å². The van der Waals surface area contributed by atoms with Crippen LogP contribution in [0.4, 0.5) is 28.8 Å². The van der Waals surface area contributed by atoms with E-state index in [1.54, 1.807) is 25.3 Å². The zero-order valence-electron chi connectivity index (χ0n) is 23.6. The maximum absolute atomic E-state index is 12.8. The fourth-order valence-corrected chi connectivity index (χ4v) is 5.52. The Balaban J connectivity index is 1.66. The van der Waals surface area contributed by atoms with Gasteiger partial charge in [0.2, 0.25) is 16.0 Å². The van der Waals surface area contributed by atoms with Crippen molar-refractivity contribution in [1.29, 1.82) is 0 Å². The lowest BCUT2D eigenvalue weighted by molar-refractivity contribution is 0.417. The summed E-state index contributed by atoms with van der Waals surface area (Å²) in [5, 5.41) is 6.50. The van der Waals surface area contributed by atoms with Gasteiger partial charge in [0.15, 0.2) is 5.82 Å². The normalized spacial score (nSPS) is 11.4. The van der Waals surface area contributed by atoms with Crippen molar-refractivity contribution in [1.82, 2.24) is 14.3 Å². The van der Waals surface area contributed by atoms with Crippen molar-refractivity contribution in [2.45, 2.75) is 18.7 Å². The maximum Gasteiger partial charge on any atom is 0.244 e. The van der Waals surface area contributed by atoms with E-state index < -0.39 is 10.0 Å². The highest BCUT2D eigenvalue weighted by molar-refractivity contribution is 7.89. The van der Waals surface area contributed by atoms with Gasteiger partial charge in [-0.15, -0.1) is 0 Å². The molecule has 4 rings (SSSR count). The van der Waals surface area contributed by atoms with Gasteiger partial charge in [-0.3, -0.25) is 0 Å². The Hall–Kier alpha value is -3.86. The van der Waals surface area contributed by atoms with E-state index in [-0.39, 0.29) is 21.7 Å². The number of aromatic nitrogens is 2. The highest BCUT2D eigenvalue weighted by Gasteiger charge is 2.22. The molecule has 1 heterocycles. The van der Waals surface area contributed by atoms with E-state index in [1.165, 1.54) is 31.9 Å². The minimum Gasteiger partial charge on any atom is -0.495 e. The topological polar surface area (TPSA) is 99.7 Å². The minimum absolute atomic E-state index is 0.103. The number of ether oxygens (including phenoxy) is 1. The minimum atomic E-state index is -3.70. The number of halogens is 1. The number of sulfonamides is 1. The van der Waals surface area contributed by atoms with Crippen LogP contribution in [-0.2, 0) is 10.0 Å². The average molecular weight is 581 g/mol. The van der Waals surface area contributed by atoms with Crippen molar-refractivity contribution in [3.8, 4) is 16.9 Å².